The fraction of sp³-hybridized carbons (Fsp3) is 0.429. The highest BCUT2D eigenvalue weighted by Crippen LogP contribution is 2.24. The van der Waals surface area contributed by atoms with Crippen molar-refractivity contribution in [2.24, 2.45) is 5.73 Å². The van der Waals surface area contributed by atoms with Gasteiger partial charge in [0.05, 0.1) is 13.7 Å². The van der Waals surface area contributed by atoms with Gasteiger partial charge in [0.1, 0.15) is 5.75 Å². The van der Waals surface area contributed by atoms with Crippen LogP contribution in [0.1, 0.15) is 30.4 Å². The zero-order valence-electron chi connectivity index (χ0n) is 11.0. The first-order valence-corrected chi connectivity index (χ1v) is 6.34. The molecule has 1 aromatic rings. The SMILES string of the molecule is COc1ccc(CN)cc1CN1C(=O)CCCC1=O. The second-order valence-corrected chi connectivity index (χ2v) is 4.58. The molecule has 102 valence electrons. The predicted octanol–water partition coefficient (Wildman–Crippen LogP) is 1.19. The fourth-order valence-electron chi connectivity index (χ4n) is 2.23. The number of imide groups is 1. The van der Waals surface area contributed by atoms with Gasteiger partial charge in [0, 0.05) is 24.9 Å². The van der Waals surface area contributed by atoms with E-state index in [1.165, 1.54) is 4.90 Å². The summed E-state index contributed by atoms with van der Waals surface area (Å²) < 4.78 is 5.27. The van der Waals surface area contributed by atoms with Crippen molar-refractivity contribution in [3.63, 3.8) is 0 Å². The van der Waals surface area contributed by atoms with Gasteiger partial charge >= 0.3 is 0 Å². The van der Waals surface area contributed by atoms with Gasteiger partial charge in [-0.1, -0.05) is 6.07 Å². The summed E-state index contributed by atoms with van der Waals surface area (Å²) in [5, 5.41) is 0. The largest absolute Gasteiger partial charge is 0.496 e. The van der Waals surface area contributed by atoms with Crippen LogP contribution in [0.2, 0.25) is 0 Å². The van der Waals surface area contributed by atoms with Gasteiger partial charge in [0.15, 0.2) is 0 Å². The van der Waals surface area contributed by atoms with E-state index < -0.39 is 0 Å². The minimum atomic E-state index is -0.114. The molecule has 1 fully saturated rings. The van der Waals surface area contributed by atoms with Gasteiger partial charge in [-0.2, -0.15) is 0 Å². The normalized spacial score (nSPS) is 15.8. The van der Waals surface area contributed by atoms with Crippen LogP contribution < -0.4 is 10.5 Å². The molecule has 0 unspecified atom stereocenters. The molecule has 19 heavy (non-hydrogen) atoms. The van der Waals surface area contributed by atoms with E-state index in [4.69, 9.17) is 10.5 Å². The quantitative estimate of drug-likeness (QED) is 0.827. The second kappa shape index (κ2) is 5.84. The van der Waals surface area contributed by atoms with Crippen LogP contribution in [-0.2, 0) is 22.7 Å². The first kappa shape index (κ1) is 13.5. The Kier molecular flexibility index (Phi) is 4.16. The molecule has 1 aliphatic rings. The molecule has 1 heterocycles. The highest BCUT2D eigenvalue weighted by atomic mass is 16.5. The lowest BCUT2D eigenvalue weighted by Crippen LogP contribution is -2.39. The number of hydrogen-bond acceptors (Lipinski definition) is 4. The lowest BCUT2D eigenvalue weighted by Gasteiger charge is -2.25. The van der Waals surface area contributed by atoms with E-state index in [0.717, 1.165) is 11.1 Å². The van der Waals surface area contributed by atoms with E-state index >= 15 is 0 Å². The zero-order chi connectivity index (χ0) is 13.8. The minimum absolute atomic E-state index is 0.114. The number of carbonyl (C=O) groups is 2. The smallest absolute Gasteiger partial charge is 0.229 e. The number of amides is 2. The van der Waals surface area contributed by atoms with Gasteiger partial charge in [0.2, 0.25) is 11.8 Å². The number of hydrogen-bond donors (Lipinski definition) is 1. The summed E-state index contributed by atoms with van der Waals surface area (Å²) in [4.78, 5) is 24.9. The van der Waals surface area contributed by atoms with Gasteiger partial charge in [-0.15, -0.1) is 0 Å². The maximum absolute atomic E-state index is 11.8. The summed E-state index contributed by atoms with van der Waals surface area (Å²) in [7, 11) is 1.57. The standard InChI is InChI=1S/C14H18N2O3/c1-19-12-6-5-10(8-15)7-11(12)9-16-13(17)3-2-4-14(16)18/h5-7H,2-4,8-9,15H2,1H3. The molecule has 0 saturated carbocycles. The molecule has 0 aliphatic carbocycles. The maximum Gasteiger partial charge on any atom is 0.229 e. The molecule has 0 radical (unpaired) electrons. The second-order valence-electron chi connectivity index (χ2n) is 4.58. The molecule has 0 spiro atoms. The topological polar surface area (TPSA) is 72.6 Å². The summed E-state index contributed by atoms with van der Waals surface area (Å²) in [6, 6.07) is 5.58. The van der Waals surface area contributed by atoms with Gasteiger partial charge < -0.3 is 10.5 Å². The van der Waals surface area contributed by atoms with Crippen molar-refractivity contribution in [1.29, 1.82) is 0 Å². The third kappa shape index (κ3) is 2.93. The Bertz CT molecular complexity index is 483. The molecule has 2 amide bonds. The third-order valence-corrected chi connectivity index (χ3v) is 3.29. The monoisotopic (exact) mass is 262 g/mol. The number of likely N-dealkylation sites (tertiary alicyclic amines) is 1. The van der Waals surface area contributed by atoms with Crippen LogP contribution >= 0.6 is 0 Å². The van der Waals surface area contributed by atoms with Gasteiger partial charge in [-0.25, -0.2) is 0 Å². The molecule has 0 aromatic heterocycles. The van der Waals surface area contributed by atoms with Crippen LogP contribution in [0, 0.1) is 0 Å². The summed E-state index contributed by atoms with van der Waals surface area (Å²) in [6.45, 7) is 0.674. The molecule has 2 N–H and O–H groups in total. The minimum Gasteiger partial charge on any atom is -0.496 e. The van der Waals surface area contributed by atoms with Gasteiger partial charge in [-0.3, -0.25) is 14.5 Å². The van der Waals surface area contributed by atoms with E-state index in [1.54, 1.807) is 7.11 Å². The fourth-order valence-corrected chi connectivity index (χ4v) is 2.23. The van der Waals surface area contributed by atoms with Crippen molar-refractivity contribution in [1.82, 2.24) is 4.90 Å². The average molecular weight is 262 g/mol. The molecule has 5 heteroatoms. The number of methoxy groups -OCH3 is 1. The average Bonchev–Trinajstić information content (AvgIpc) is 2.42. The Morgan fingerprint density at radius 3 is 2.53 bits per heavy atom. The maximum atomic E-state index is 11.8. The lowest BCUT2D eigenvalue weighted by atomic mass is 10.1. The van der Waals surface area contributed by atoms with E-state index in [9.17, 15) is 9.59 Å². The molecular weight excluding hydrogens is 244 g/mol. The molecule has 0 atom stereocenters. The van der Waals surface area contributed by atoms with Crippen molar-refractivity contribution >= 4 is 11.8 Å². The van der Waals surface area contributed by atoms with Crippen LogP contribution in [-0.4, -0.2) is 23.8 Å². The Labute approximate surface area is 112 Å². The number of rotatable bonds is 4. The van der Waals surface area contributed by atoms with E-state index in [-0.39, 0.29) is 18.4 Å². The summed E-state index contributed by atoms with van der Waals surface area (Å²) >= 11 is 0. The Morgan fingerprint density at radius 2 is 1.95 bits per heavy atom. The molecule has 1 aromatic carbocycles. The molecule has 1 saturated heterocycles. The van der Waals surface area contributed by atoms with Crippen LogP contribution in [0.5, 0.6) is 5.75 Å². The molecular formula is C14H18N2O3. The van der Waals surface area contributed by atoms with Crippen molar-refractivity contribution in [3.8, 4) is 5.75 Å². The molecule has 1 aliphatic heterocycles. The molecule has 0 bridgehead atoms. The Balaban J connectivity index is 2.25. The van der Waals surface area contributed by atoms with E-state index in [2.05, 4.69) is 0 Å². The number of nitrogens with two attached hydrogens (primary N) is 1. The van der Waals surface area contributed by atoms with Crippen LogP contribution in [0.4, 0.5) is 0 Å². The van der Waals surface area contributed by atoms with Crippen LogP contribution in [0.3, 0.4) is 0 Å². The van der Waals surface area contributed by atoms with Crippen molar-refractivity contribution in [3.05, 3.63) is 29.3 Å². The Morgan fingerprint density at radius 1 is 1.26 bits per heavy atom. The molecule has 5 nitrogen and oxygen atoms in total. The lowest BCUT2D eigenvalue weighted by molar-refractivity contribution is -0.148. The van der Waals surface area contributed by atoms with E-state index in [0.29, 0.717) is 31.6 Å². The predicted molar refractivity (Wildman–Crippen MR) is 70.3 cm³/mol. The van der Waals surface area contributed by atoms with Crippen LogP contribution in [0.25, 0.3) is 0 Å². The Hall–Kier alpha value is -1.88. The zero-order valence-corrected chi connectivity index (χ0v) is 11.0. The first-order valence-electron chi connectivity index (χ1n) is 6.34. The highest BCUT2D eigenvalue weighted by molar-refractivity contribution is 5.97. The van der Waals surface area contributed by atoms with E-state index in [1.807, 2.05) is 18.2 Å². The number of nitrogens with zero attached hydrogens (tertiary/aromatic N) is 1. The van der Waals surface area contributed by atoms with Crippen LogP contribution in [0.15, 0.2) is 18.2 Å². The molecule has 2 rings (SSSR count). The van der Waals surface area contributed by atoms with Gasteiger partial charge in [-0.05, 0) is 24.1 Å². The van der Waals surface area contributed by atoms with Crippen molar-refractivity contribution in [2.45, 2.75) is 32.4 Å². The summed E-state index contributed by atoms with van der Waals surface area (Å²) in [6.07, 6.45) is 1.52. The van der Waals surface area contributed by atoms with Gasteiger partial charge in [0.25, 0.3) is 0 Å². The number of carbonyl (C=O) groups excluding carboxylic acids is 2. The summed E-state index contributed by atoms with van der Waals surface area (Å²) in [5.74, 6) is 0.441. The number of ether oxygens (including phenoxy) is 1. The number of benzene rings is 1. The summed E-state index contributed by atoms with van der Waals surface area (Å²) in [5.41, 5.74) is 7.38. The number of piperidine rings is 1. The third-order valence-electron chi connectivity index (χ3n) is 3.29. The van der Waals surface area contributed by atoms with Crippen molar-refractivity contribution in [2.75, 3.05) is 7.11 Å². The van der Waals surface area contributed by atoms with Crippen molar-refractivity contribution < 1.29 is 14.3 Å². The highest BCUT2D eigenvalue weighted by Gasteiger charge is 2.26. The first-order chi connectivity index (χ1) is 9.15.